The number of para-hydroxylation sites is 1. The summed E-state index contributed by atoms with van der Waals surface area (Å²) in [6.07, 6.45) is 9.07. The number of benzene rings is 1. The molecule has 1 aliphatic carbocycles. The first-order valence-corrected chi connectivity index (χ1v) is 11.2. The van der Waals surface area contributed by atoms with E-state index >= 15 is 0 Å². The van der Waals surface area contributed by atoms with Crippen LogP contribution in [-0.2, 0) is 4.79 Å². The van der Waals surface area contributed by atoms with Gasteiger partial charge in [0.15, 0.2) is 0 Å². The average molecular weight is 424 g/mol. The molecule has 0 unspecified atom stereocenters. The highest BCUT2D eigenvalue weighted by Crippen LogP contribution is 2.24. The van der Waals surface area contributed by atoms with Crippen LogP contribution in [0.3, 0.4) is 0 Å². The smallest absolute Gasteiger partial charge is 0.270 e. The lowest BCUT2D eigenvalue weighted by Crippen LogP contribution is -2.38. The molecule has 2 N–H and O–H groups in total. The molecule has 1 aliphatic rings. The standard InChI is InChI=1S/C22H25N5O2S/c28-20(16-7-3-1-4-8-16)23-11-12-24-21(29)19-15-30-22(26-19)17-13-25-27(14-17)18-9-5-2-6-10-18/h2,5-6,9-10,13-16H,1,3-4,7-8,11-12H2,(H,23,28)(H,24,29). The number of hydrogen-bond acceptors (Lipinski definition) is 5. The Hall–Kier alpha value is -3.00. The van der Waals surface area contributed by atoms with Gasteiger partial charge in [-0.2, -0.15) is 5.10 Å². The van der Waals surface area contributed by atoms with E-state index in [1.165, 1.54) is 17.8 Å². The van der Waals surface area contributed by atoms with Crippen molar-refractivity contribution in [3.05, 3.63) is 53.8 Å². The zero-order valence-corrected chi connectivity index (χ0v) is 17.5. The minimum Gasteiger partial charge on any atom is -0.354 e. The number of rotatable bonds is 7. The summed E-state index contributed by atoms with van der Waals surface area (Å²) >= 11 is 1.41. The Morgan fingerprint density at radius 1 is 1.07 bits per heavy atom. The van der Waals surface area contributed by atoms with Crippen molar-refractivity contribution in [2.24, 2.45) is 5.92 Å². The molecule has 7 nitrogen and oxygen atoms in total. The van der Waals surface area contributed by atoms with Crippen LogP contribution >= 0.6 is 11.3 Å². The largest absolute Gasteiger partial charge is 0.354 e. The summed E-state index contributed by atoms with van der Waals surface area (Å²) in [5.74, 6) is 0.00235. The van der Waals surface area contributed by atoms with Gasteiger partial charge in [-0.1, -0.05) is 37.5 Å². The summed E-state index contributed by atoms with van der Waals surface area (Å²) in [5, 5.41) is 12.6. The van der Waals surface area contributed by atoms with E-state index < -0.39 is 0 Å². The molecule has 0 radical (unpaired) electrons. The zero-order valence-electron chi connectivity index (χ0n) is 16.7. The maximum Gasteiger partial charge on any atom is 0.270 e. The van der Waals surface area contributed by atoms with Gasteiger partial charge >= 0.3 is 0 Å². The van der Waals surface area contributed by atoms with Crippen molar-refractivity contribution in [3.63, 3.8) is 0 Å². The van der Waals surface area contributed by atoms with Crippen molar-refractivity contribution in [1.29, 1.82) is 0 Å². The van der Waals surface area contributed by atoms with Gasteiger partial charge in [0.05, 0.1) is 11.9 Å². The van der Waals surface area contributed by atoms with Gasteiger partial charge in [-0.3, -0.25) is 9.59 Å². The predicted octanol–water partition coefficient (Wildman–Crippen LogP) is 3.42. The molecule has 30 heavy (non-hydrogen) atoms. The first kappa shape index (κ1) is 20.3. The average Bonchev–Trinajstić information content (AvgIpc) is 3.47. The highest BCUT2D eigenvalue weighted by Gasteiger charge is 2.20. The van der Waals surface area contributed by atoms with Crippen molar-refractivity contribution in [3.8, 4) is 16.3 Å². The van der Waals surface area contributed by atoms with Gasteiger partial charge in [-0.15, -0.1) is 11.3 Å². The van der Waals surface area contributed by atoms with Crippen LogP contribution in [0.5, 0.6) is 0 Å². The number of amides is 2. The monoisotopic (exact) mass is 423 g/mol. The number of thiazole rings is 1. The Morgan fingerprint density at radius 3 is 2.63 bits per heavy atom. The molecule has 3 aromatic rings. The van der Waals surface area contributed by atoms with Crippen LogP contribution in [0.15, 0.2) is 48.1 Å². The van der Waals surface area contributed by atoms with Crippen LogP contribution in [-0.4, -0.2) is 39.7 Å². The van der Waals surface area contributed by atoms with E-state index in [1.807, 2.05) is 36.5 Å². The van der Waals surface area contributed by atoms with Gasteiger partial charge in [-0.05, 0) is 25.0 Å². The molecule has 1 saturated carbocycles. The number of carbonyl (C=O) groups excluding carboxylic acids is 2. The summed E-state index contributed by atoms with van der Waals surface area (Å²) in [4.78, 5) is 28.9. The molecule has 156 valence electrons. The summed E-state index contributed by atoms with van der Waals surface area (Å²) in [6, 6.07) is 9.83. The fourth-order valence-electron chi connectivity index (χ4n) is 3.63. The Balaban J connectivity index is 1.27. The van der Waals surface area contributed by atoms with Gasteiger partial charge < -0.3 is 10.6 Å². The second-order valence-electron chi connectivity index (χ2n) is 7.43. The quantitative estimate of drug-likeness (QED) is 0.570. The number of hydrogen-bond donors (Lipinski definition) is 2. The van der Waals surface area contributed by atoms with E-state index in [4.69, 9.17) is 0 Å². The molecule has 2 aromatic heterocycles. The van der Waals surface area contributed by atoms with Crippen LogP contribution in [0, 0.1) is 5.92 Å². The van der Waals surface area contributed by atoms with E-state index in [1.54, 1.807) is 16.3 Å². The van der Waals surface area contributed by atoms with Gasteiger partial charge in [0, 0.05) is 36.1 Å². The molecule has 1 fully saturated rings. The van der Waals surface area contributed by atoms with Gasteiger partial charge in [0.1, 0.15) is 10.7 Å². The van der Waals surface area contributed by atoms with Gasteiger partial charge in [0.25, 0.3) is 5.91 Å². The van der Waals surface area contributed by atoms with Crippen LogP contribution in [0.25, 0.3) is 16.3 Å². The van der Waals surface area contributed by atoms with Crippen LogP contribution in [0.4, 0.5) is 0 Å². The molecule has 8 heteroatoms. The maximum atomic E-state index is 12.4. The summed E-state index contributed by atoms with van der Waals surface area (Å²) in [7, 11) is 0. The maximum absolute atomic E-state index is 12.4. The molecule has 2 heterocycles. The lowest BCUT2D eigenvalue weighted by molar-refractivity contribution is -0.125. The van der Waals surface area contributed by atoms with E-state index in [9.17, 15) is 9.59 Å². The first-order chi connectivity index (χ1) is 14.7. The molecule has 0 saturated heterocycles. The number of nitrogens with zero attached hydrogens (tertiary/aromatic N) is 3. The zero-order chi connectivity index (χ0) is 20.8. The third-order valence-corrected chi connectivity index (χ3v) is 6.16. The van der Waals surface area contributed by atoms with E-state index in [-0.39, 0.29) is 17.7 Å². The number of carbonyl (C=O) groups is 2. The summed E-state index contributed by atoms with van der Waals surface area (Å²) in [6.45, 7) is 0.817. The molecule has 0 spiro atoms. The van der Waals surface area contributed by atoms with Gasteiger partial charge in [-0.25, -0.2) is 9.67 Å². The summed E-state index contributed by atoms with van der Waals surface area (Å²) < 4.78 is 1.78. The predicted molar refractivity (Wildman–Crippen MR) is 117 cm³/mol. The lowest BCUT2D eigenvalue weighted by Gasteiger charge is -2.20. The number of nitrogens with one attached hydrogen (secondary N) is 2. The molecular weight excluding hydrogens is 398 g/mol. The van der Waals surface area contributed by atoms with Crippen molar-refractivity contribution >= 4 is 23.2 Å². The van der Waals surface area contributed by atoms with Gasteiger partial charge in [0.2, 0.25) is 5.91 Å². The van der Waals surface area contributed by atoms with Crippen molar-refractivity contribution < 1.29 is 9.59 Å². The molecular formula is C22H25N5O2S. The summed E-state index contributed by atoms with van der Waals surface area (Å²) in [5.41, 5.74) is 2.21. The van der Waals surface area contributed by atoms with E-state index in [0.717, 1.165) is 41.9 Å². The second kappa shape index (κ2) is 9.67. The lowest BCUT2D eigenvalue weighted by atomic mass is 9.89. The van der Waals surface area contributed by atoms with E-state index in [0.29, 0.717) is 18.8 Å². The second-order valence-corrected chi connectivity index (χ2v) is 8.29. The molecule has 2 amide bonds. The third-order valence-electron chi connectivity index (χ3n) is 5.27. The molecule has 0 aliphatic heterocycles. The highest BCUT2D eigenvalue weighted by molar-refractivity contribution is 7.13. The first-order valence-electron chi connectivity index (χ1n) is 10.3. The Morgan fingerprint density at radius 2 is 1.83 bits per heavy atom. The molecule has 1 aromatic carbocycles. The normalized spacial score (nSPS) is 14.4. The van der Waals surface area contributed by atoms with Crippen LogP contribution in [0.1, 0.15) is 42.6 Å². The Bertz CT molecular complexity index is 992. The van der Waals surface area contributed by atoms with Crippen LogP contribution in [0.2, 0.25) is 0 Å². The fourth-order valence-corrected chi connectivity index (χ4v) is 4.40. The minimum absolute atomic E-state index is 0.107. The van der Waals surface area contributed by atoms with Crippen molar-refractivity contribution in [2.75, 3.05) is 13.1 Å². The molecule has 0 bridgehead atoms. The van der Waals surface area contributed by atoms with Crippen molar-refractivity contribution in [2.45, 2.75) is 32.1 Å². The van der Waals surface area contributed by atoms with Crippen molar-refractivity contribution in [1.82, 2.24) is 25.4 Å². The molecule has 4 rings (SSSR count). The fraction of sp³-hybridized carbons (Fsp3) is 0.364. The van der Waals surface area contributed by atoms with Crippen LogP contribution < -0.4 is 10.6 Å². The van der Waals surface area contributed by atoms with E-state index in [2.05, 4.69) is 20.7 Å². The third kappa shape index (κ3) is 4.94. The Labute approximate surface area is 179 Å². The Kier molecular flexibility index (Phi) is 6.53. The minimum atomic E-state index is -0.236. The topological polar surface area (TPSA) is 88.9 Å². The highest BCUT2D eigenvalue weighted by atomic mass is 32.1. The number of aromatic nitrogens is 3. The molecule has 0 atom stereocenters. The SMILES string of the molecule is O=C(NCCNC(=O)C1CCCCC1)c1csc(-c2cnn(-c3ccccc3)c2)n1.